The molecule has 6 heteroatoms. The smallest absolute Gasteiger partial charge is 0.214 e. The van der Waals surface area contributed by atoms with Gasteiger partial charge < -0.3 is 4.74 Å². The zero-order chi connectivity index (χ0) is 16.3. The van der Waals surface area contributed by atoms with Crippen LogP contribution in [0.3, 0.4) is 0 Å². The van der Waals surface area contributed by atoms with Gasteiger partial charge >= 0.3 is 0 Å². The van der Waals surface area contributed by atoms with Crippen molar-refractivity contribution in [3.8, 4) is 0 Å². The summed E-state index contributed by atoms with van der Waals surface area (Å²) in [7, 11) is -3.21. The van der Waals surface area contributed by atoms with Gasteiger partial charge in [0.15, 0.2) is 0 Å². The van der Waals surface area contributed by atoms with Crippen molar-refractivity contribution in [1.29, 1.82) is 0 Å². The van der Waals surface area contributed by atoms with Crippen molar-refractivity contribution in [3.63, 3.8) is 0 Å². The van der Waals surface area contributed by atoms with Crippen LogP contribution in [0.25, 0.3) is 0 Å². The number of sulfonamides is 1. The second-order valence-electron chi connectivity index (χ2n) is 6.30. The Kier molecular flexibility index (Phi) is 5.14. The number of carbonyl (C=O) groups excluding carboxylic acids is 1. The average Bonchev–Trinajstić information content (AvgIpc) is 3.01. The zero-order valence-electron chi connectivity index (χ0n) is 13.2. The third-order valence-electron chi connectivity index (χ3n) is 4.71. The molecule has 1 heterocycles. The van der Waals surface area contributed by atoms with Crippen LogP contribution in [0, 0.1) is 0 Å². The van der Waals surface area contributed by atoms with Crippen LogP contribution in [0.1, 0.15) is 36.3 Å². The number of rotatable bonds is 5. The largest absolute Gasteiger partial charge is 0.379 e. The van der Waals surface area contributed by atoms with Gasteiger partial charge in [0.05, 0.1) is 19.0 Å². The van der Waals surface area contributed by atoms with E-state index >= 15 is 0 Å². The SMILES string of the molecule is O=C1CC[C@@H](c2ccc(CCS(=O)(=O)N3CCOCC3)cc2)C1. The number of carbonyl (C=O) groups is 1. The van der Waals surface area contributed by atoms with Gasteiger partial charge in [0.1, 0.15) is 5.78 Å². The second kappa shape index (κ2) is 7.11. The van der Waals surface area contributed by atoms with Crippen molar-refractivity contribution >= 4 is 15.8 Å². The van der Waals surface area contributed by atoms with Crippen molar-refractivity contribution in [2.24, 2.45) is 0 Å². The van der Waals surface area contributed by atoms with Gasteiger partial charge in [-0.1, -0.05) is 24.3 Å². The van der Waals surface area contributed by atoms with Crippen LogP contribution in [0.4, 0.5) is 0 Å². The number of aryl methyl sites for hydroxylation is 1. The summed E-state index contributed by atoms with van der Waals surface area (Å²) in [5.41, 5.74) is 2.21. The first-order valence-corrected chi connectivity index (χ1v) is 9.81. The fourth-order valence-electron chi connectivity index (χ4n) is 3.26. The molecule has 1 aliphatic carbocycles. The molecule has 2 aliphatic rings. The average molecular weight is 337 g/mol. The standard InChI is InChI=1S/C17H23NO4S/c19-17-6-5-16(13-17)15-3-1-14(2-4-15)7-12-23(20,21)18-8-10-22-11-9-18/h1-4,16H,5-13H2/t16-/m1/s1. The van der Waals surface area contributed by atoms with Gasteiger partial charge in [-0.3, -0.25) is 4.79 Å². The summed E-state index contributed by atoms with van der Waals surface area (Å²) in [6, 6.07) is 8.07. The van der Waals surface area contributed by atoms with Crippen LogP contribution in [0.5, 0.6) is 0 Å². The highest BCUT2D eigenvalue weighted by atomic mass is 32.2. The summed E-state index contributed by atoms with van der Waals surface area (Å²) in [4.78, 5) is 11.4. The number of Topliss-reactive ketones (excluding diaryl/α,β-unsaturated/α-hetero) is 1. The van der Waals surface area contributed by atoms with Crippen molar-refractivity contribution in [2.75, 3.05) is 32.1 Å². The van der Waals surface area contributed by atoms with E-state index in [1.807, 2.05) is 24.3 Å². The minimum atomic E-state index is -3.21. The Morgan fingerprint density at radius 2 is 1.83 bits per heavy atom. The van der Waals surface area contributed by atoms with E-state index in [2.05, 4.69) is 0 Å². The topological polar surface area (TPSA) is 63.7 Å². The van der Waals surface area contributed by atoms with E-state index in [-0.39, 0.29) is 5.75 Å². The molecule has 1 atom stereocenters. The number of hydrogen-bond donors (Lipinski definition) is 0. The van der Waals surface area contributed by atoms with Gasteiger partial charge in [0.2, 0.25) is 10.0 Å². The molecular formula is C17H23NO4S. The van der Waals surface area contributed by atoms with Crippen molar-refractivity contribution in [3.05, 3.63) is 35.4 Å². The maximum absolute atomic E-state index is 12.3. The Morgan fingerprint density at radius 1 is 1.13 bits per heavy atom. The lowest BCUT2D eigenvalue weighted by Gasteiger charge is -2.26. The Bertz CT molecular complexity index is 648. The molecule has 0 aromatic heterocycles. The lowest BCUT2D eigenvalue weighted by molar-refractivity contribution is -0.117. The summed E-state index contributed by atoms with van der Waals surface area (Å²) < 4.78 is 31.3. The number of ether oxygens (including phenoxy) is 1. The van der Waals surface area contributed by atoms with Crippen molar-refractivity contribution in [1.82, 2.24) is 4.31 Å². The first-order valence-electron chi connectivity index (χ1n) is 8.21. The van der Waals surface area contributed by atoms with Crippen LogP contribution in [-0.2, 0) is 26.0 Å². The van der Waals surface area contributed by atoms with E-state index in [9.17, 15) is 13.2 Å². The van der Waals surface area contributed by atoms with Gasteiger partial charge in [-0.05, 0) is 29.9 Å². The van der Waals surface area contributed by atoms with E-state index in [1.54, 1.807) is 0 Å². The van der Waals surface area contributed by atoms with E-state index in [0.717, 1.165) is 12.0 Å². The molecule has 1 aliphatic heterocycles. The molecule has 3 rings (SSSR count). The fraction of sp³-hybridized carbons (Fsp3) is 0.588. The third-order valence-corrected chi connectivity index (χ3v) is 6.58. The Hall–Kier alpha value is -1.24. The molecule has 0 amide bonds. The molecule has 0 radical (unpaired) electrons. The molecule has 1 aromatic carbocycles. The monoisotopic (exact) mass is 337 g/mol. The number of ketones is 1. The van der Waals surface area contributed by atoms with Crippen LogP contribution < -0.4 is 0 Å². The minimum Gasteiger partial charge on any atom is -0.379 e. The highest BCUT2D eigenvalue weighted by Crippen LogP contribution is 2.32. The zero-order valence-corrected chi connectivity index (χ0v) is 14.1. The Balaban J connectivity index is 1.57. The maximum atomic E-state index is 12.3. The van der Waals surface area contributed by atoms with E-state index in [4.69, 9.17) is 4.74 Å². The normalized spacial score (nSPS) is 23.3. The molecule has 5 nitrogen and oxygen atoms in total. The quantitative estimate of drug-likeness (QED) is 0.821. The van der Waals surface area contributed by atoms with Crippen molar-refractivity contribution < 1.29 is 17.9 Å². The molecule has 126 valence electrons. The summed E-state index contributed by atoms with van der Waals surface area (Å²) in [5, 5.41) is 0. The Labute approximate surface area is 137 Å². The summed E-state index contributed by atoms with van der Waals surface area (Å²) in [6.07, 6.45) is 2.78. The van der Waals surface area contributed by atoms with Crippen LogP contribution in [0.15, 0.2) is 24.3 Å². The van der Waals surface area contributed by atoms with Gasteiger partial charge in [-0.25, -0.2) is 8.42 Å². The highest BCUT2D eigenvalue weighted by Gasteiger charge is 2.25. The number of morpholine rings is 1. The molecule has 1 aromatic rings. The molecular weight excluding hydrogens is 314 g/mol. The van der Waals surface area contributed by atoms with Crippen LogP contribution in [0.2, 0.25) is 0 Å². The summed E-state index contributed by atoms with van der Waals surface area (Å²) in [5.74, 6) is 0.818. The molecule has 2 fully saturated rings. The Morgan fingerprint density at radius 3 is 2.43 bits per heavy atom. The van der Waals surface area contributed by atoms with Crippen LogP contribution >= 0.6 is 0 Å². The maximum Gasteiger partial charge on any atom is 0.214 e. The predicted octanol–water partition coefficient (Wildman–Crippen LogP) is 1.73. The highest BCUT2D eigenvalue weighted by molar-refractivity contribution is 7.89. The fourth-order valence-corrected chi connectivity index (χ4v) is 4.71. The third kappa shape index (κ3) is 4.19. The molecule has 23 heavy (non-hydrogen) atoms. The first-order chi connectivity index (χ1) is 11.0. The summed E-state index contributed by atoms with van der Waals surface area (Å²) >= 11 is 0. The molecule has 1 saturated carbocycles. The summed E-state index contributed by atoms with van der Waals surface area (Å²) in [6.45, 7) is 1.87. The predicted molar refractivity (Wildman–Crippen MR) is 87.9 cm³/mol. The van der Waals surface area contributed by atoms with E-state index in [1.165, 1.54) is 9.87 Å². The van der Waals surface area contributed by atoms with Gasteiger partial charge in [0.25, 0.3) is 0 Å². The van der Waals surface area contributed by atoms with Gasteiger partial charge in [-0.15, -0.1) is 0 Å². The van der Waals surface area contributed by atoms with Crippen LogP contribution in [-0.4, -0.2) is 50.6 Å². The molecule has 0 N–H and O–H groups in total. The molecule has 0 unspecified atom stereocenters. The van der Waals surface area contributed by atoms with Crippen molar-refractivity contribution in [2.45, 2.75) is 31.6 Å². The van der Waals surface area contributed by atoms with Gasteiger partial charge in [-0.2, -0.15) is 4.31 Å². The number of hydrogen-bond acceptors (Lipinski definition) is 4. The number of benzene rings is 1. The lowest BCUT2D eigenvalue weighted by atomic mass is 9.96. The van der Waals surface area contributed by atoms with Gasteiger partial charge in [0, 0.05) is 25.9 Å². The lowest BCUT2D eigenvalue weighted by Crippen LogP contribution is -2.42. The second-order valence-corrected chi connectivity index (χ2v) is 8.39. The molecule has 0 bridgehead atoms. The van der Waals surface area contributed by atoms with E-state index in [0.29, 0.717) is 57.3 Å². The number of nitrogens with zero attached hydrogens (tertiary/aromatic N) is 1. The first kappa shape index (κ1) is 16.6. The molecule has 0 spiro atoms. The van der Waals surface area contributed by atoms with E-state index < -0.39 is 10.0 Å². The molecule has 1 saturated heterocycles. The minimum absolute atomic E-state index is 0.133.